The molecule has 1 atom stereocenters. The number of morpholine rings is 1. The van der Waals surface area contributed by atoms with Crippen LogP contribution in [0.3, 0.4) is 0 Å². The number of hydrogen-bond donors (Lipinski definition) is 1. The highest BCUT2D eigenvalue weighted by atomic mass is 16.5. The molecule has 1 fully saturated rings. The van der Waals surface area contributed by atoms with Crippen LogP contribution in [0.15, 0.2) is 0 Å². The van der Waals surface area contributed by atoms with E-state index in [0.29, 0.717) is 13.2 Å². The number of rotatable bonds is 4. The van der Waals surface area contributed by atoms with Gasteiger partial charge in [-0.25, -0.2) is 0 Å². The molecule has 80 valence electrons. The quantitative estimate of drug-likeness (QED) is 0.665. The molecular weight excluding hydrogens is 184 g/mol. The second kappa shape index (κ2) is 4.95. The van der Waals surface area contributed by atoms with Gasteiger partial charge in [-0.1, -0.05) is 6.92 Å². The van der Waals surface area contributed by atoms with Crippen LogP contribution >= 0.6 is 0 Å². The molecule has 5 nitrogen and oxygen atoms in total. The fourth-order valence-electron chi connectivity index (χ4n) is 1.51. The van der Waals surface area contributed by atoms with Crippen molar-refractivity contribution in [2.45, 2.75) is 25.9 Å². The molecule has 1 rings (SSSR count). The predicted molar refractivity (Wildman–Crippen MR) is 50.4 cm³/mol. The Morgan fingerprint density at radius 1 is 1.71 bits per heavy atom. The Morgan fingerprint density at radius 3 is 3.00 bits per heavy atom. The van der Waals surface area contributed by atoms with Crippen molar-refractivity contribution >= 4 is 11.8 Å². The second-order valence-electron chi connectivity index (χ2n) is 3.36. The maximum Gasteiger partial charge on any atom is 0.252 e. The van der Waals surface area contributed by atoms with E-state index in [2.05, 4.69) is 0 Å². The fraction of sp³-hybridized carbons (Fsp3) is 0.778. The van der Waals surface area contributed by atoms with Gasteiger partial charge in [0.15, 0.2) is 0 Å². The molecule has 1 saturated heterocycles. The topological polar surface area (TPSA) is 72.6 Å². The fourth-order valence-corrected chi connectivity index (χ4v) is 1.51. The van der Waals surface area contributed by atoms with Crippen LogP contribution in [0.2, 0.25) is 0 Å². The van der Waals surface area contributed by atoms with Crippen molar-refractivity contribution < 1.29 is 14.3 Å². The predicted octanol–water partition coefficient (Wildman–Crippen LogP) is -0.501. The summed E-state index contributed by atoms with van der Waals surface area (Å²) in [5.41, 5.74) is 5.02. The molecule has 1 aliphatic heterocycles. The SMILES string of the molecule is CCCN1CCOC(CC(N)=O)C1=O. The highest BCUT2D eigenvalue weighted by Crippen LogP contribution is 2.10. The van der Waals surface area contributed by atoms with E-state index in [1.165, 1.54) is 0 Å². The summed E-state index contributed by atoms with van der Waals surface area (Å²) in [4.78, 5) is 24.0. The largest absolute Gasteiger partial charge is 0.370 e. The van der Waals surface area contributed by atoms with Gasteiger partial charge in [-0.3, -0.25) is 9.59 Å². The number of carbonyl (C=O) groups excluding carboxylic acids is 2. The molecule has 0 aliphatic carbocycles. The summed E-state index contributed by atoms with van der Waals surface area (Å²) in [7, 11) is 0. The highest BCUT2D eigenvalue weighted by Gasteiger charge is 2.29. The molecule has 2 amide bonds. The van der Waals surface area contributed by atoms with Crippen LogP contribution in [0.25, 0.3) is 0 Å². The summed E-state index contributed by atoms with van der Waals surface area (Å²) in [5, 5.41) is 0. The minimum Gasteiger partial charge on any atom is -0.370 e. The number of primary amides is 1. The average molecular weight is 200 g/mol. The van der Waals surface area contributed by atoms with E-state index in [0.717, 1.165) is 13.0 Å². The zero-order valence-corrected chi connectivity index (χ0v) is 8.36. The molecule has 0 saturated carbocycles. The van der Waals surface area contributed by atoms with Gasteiger partial charge in [-0.05, 0) is 6.42 Å². The van der Waals surface area contributed by atoms with Gasteiger partial charge < -0.3 is 15.4 Å². The van der Waals surface area contributed by atoms with E-state index in [-0.39, 0.29) is 12.3 Å². The van der Waals surface area contributed by atoms with Gasteiger partial charge in [0.25, 0.3) is 5.91 Å². The lowest BCUT2D eigenvalue weighted by Gasteiger charge is -2.31. The smallest absolute Gasteiger partial charge is 0.252 e. The maximum absolute atomic E-state index is 11.6. The molecule has 1 heterocycles. The van der Waals surface area contributed by atoms with Crippen LogP contribution < -0.4 is 5.73 Å². The van der Waals surface area contributed by atoms with Crippen LogP contribution in [0, 0.1) is 0 Å². The third kappa shape index (κ3) is 2.70. The summed E-state index contributed by atoms with van der Waals surface area (Å²) < 4.78 is 5.19. The molecule has 0 bridgehead atoms. The molecule has 0 aromatic carbocycles. The van der Waals surface area contributed by atoms with Crippen LogP contribution in [-0.2, 0) is 14.3 Å². The number of hydrogen-bond acceptors (Lipinski definition) is 3. The zero-order valence-electron chi connectivity index (χ0n) is 8.36. The Balaban J connectivity index is 2.52. The Hall–Kier alpha value is -1.10. The monoisotopic (exact) mass is 200 g/mol. The van der Waals surface area contributed by atoms with Gasteiger partial charge in [0.1, 0.15) is 6.10 Å². The molecule has 14 heavy (non-hydrogen) atoms. The zero-order chi connectivity index (χ0) is 10.6. The van der Waals surface area contributed by atoms with Gasteiger partial charge in [-0.2, -0.15) is 0 Å². The number of amides is 2. The molecule has 0 radical (unpaired) electrons. The molecular formula is C9H16N2O3. The minimum atomic E-state index is -0.659. The molecule has 5 heteroatoms. The minimum absolute atomic E-state index is 0.0148. The molecule has 1 unspecified atom stereocenters. The molecule has 2 N–H and O–H groups in total. The Bertz CT molecular complexity index is 228. The Morgan fingerprint density at radius 2 is 2.43 bits per heavy atom. The maximum atomic E-state index is 11.6. The van der Waals surface area contributed by atoms with Crippen molar-refractivity contribution in [3.63, 3.8) is 0 Å². The molecule has 0 aromatic heterocycles. The summed E-state index contributed by atoms with van der Waals surface area (Å²) in [6, 6.07) is 0. The summed E-state index contributed by atoms with van der Waals surface area (Å²) in [5.74, 6) is -0.612. The number of nitrogens with two attached hydrogens (primary N) is 1. The summed E-state index contributed by atoms with van der Waals surface area (Å²) in [6.45, 7) is 3.83. The second-order valence-corrected chi connectivity index (χ2v) is 3.36. The third-order valence-electron chi connectivity index (χ3n) is 2.15. The van der Waals surface area contributed by atoms with Gasteiger partial charge in [-0.15, -0.1) is 0 Å². The molecule has 1 aliphatic rings. The van der Waals surface area contributed by atoms with Crippen LogP contribution in [0.4, 0.5) is 0 Å². The van der Waals surface area contributed by atoms with E-state index in [1.807, 2.05) is 6.92 Å². The Kier molecular flexibility index (Phi) is 3.88. The van der Waals surface area contributed by atoms with E-state index >= 15 is 0 Å². The van der Waals surface area contributed by atoms with E-state index in [9.17, 15) is 9.59 Å². The average Bonchev–Trinajstić information content (AvgIpc) is 2.11. The van der Waals surface area contributed by atoms with Gasteiger partial charge in [0, 0.05) is 13.1 Å². The number of ether oxygens (including phenoxy) is 1. The lowest BCUT2D eigenvalue weighted by atomic mass is 10.2. The number of carbonyl (C=O) groups is 2. The van der Waals surface area contributed by atoms with Crippen molar-refractivity contribution in [2.24, 2.45) is 5.73 Å². The first-order valence-corrected chi connectivity index (χ1v) is 4.83. The third-order valence-corrected chi connectivity index (χ3v) is 2.15. The van der Waals surface area contributed by atoms with Gasteiger partial charge in [0.05, 0.1) is 13.0 Å². The normalized spacial score (nSPS) is 22.5. The van der Waals surface area contributed by atoms with Crippen molar-refractivity contribution in [1.82, 2.24) is 4.90 Å². The van der Waals surface area contributed by atoms with Crippen LogP contribution in [0.5, 0.6) is 0 Å². The Labute approximate surface area is 83.2 Å². The lowest BCUT2D eigenvalue weighted by Crippen LogP contribution is -2.49. The van der Waals surface area contributed by atoms with Crippen molar-refractivity contribution in [2.75, 3.05) is 19.7 Å². The van der Waals surface area contributed by atoms with Crippen LogP contribution in [-0.4, -0.2) is 42.5 Å². The summed E-state index contributed by atoms with van der Waals surface area (Å²) in [6.07, 6.45) is 0.237. The highest BCUT2D eigenvalue weighted by molar-refractivity contribution is 5.87. The van der Waals surface area contributed by atoms with E-state index in [1.54, 1.807) is 4.90 Å². The van der Waals surface area contributed by atoms with Crippen LogP contribution in [0.1, 0.15) is 19.8 Å². The first kappa shape index (κ1) is 11.0. The van der Waals surface area contributed by atoms with Gasteiger partial charge in [0.2, 0.25) is 5.91 Å². The van der Waals surface area contributed by atoms with Gasteiger partial charge >= 0.3 is 0 Å². The first-order valence-electron chi connectivity index (χ1n) is 4.83. The number of nitrogens with zero attached hydrogens (tertiary/aromatic N) is 1. The molecule has 0 aromatic rings. The lowest BCUT2D eigenvalue weighted by molar-refractivity contribution is -0.155. The van der Waals surface area contributed by atoms with Crippen molar-refractivity contribution in [1.29, 1.82) is 0 Å². The molecule has 0 spiro atoms. The van der Waals surface area contributed by atoms with Crippen molar-refractivity contribution in [3.8, 4) is 0 Å². The van der Waals surface area contributed by atoms with E-state index < -0.39 is 12.0 Å². The van der Waals surface area contributed by atoms with E-state index in [4.69, 9.17) is 10.5 Å². The summed E-state index contributed by atoms with van der Waals surface area (Å²) >= 11 is 0. The van der Waals surface area contributed by atoms with Crippen molar-refractivity contribution in [3.05, 3.63) is 0 Å². The standard InChI is InChI=1S/C9H16N2O3/c1-2-3-11-4-5-14-7(9(11)13)6-8(10)12/h7H,2-6H2,1H3,(H2,10,12). The first-order chi connectivity index (χ1) is 6.65.